The first kappa shape index (κ1) is 18.5. The lowest BCUT2D eigenvalue weighted by molar-refractivity contribution is 0.414. The summed E-state index contributed by atoms with van der Waals surface area (Å²) in [7, 11) is 1.68. The fourth-order valence-corrected chi connectivity index (χ4v) is 2.70. The van der Waals surface area contributed by atoms with Crippen LogP contribution in [0.4, 0.5) is 11.8 Å². The van der Waals surface area contributed by atoms with E-state index in [-0.39, 0.29) is 0 Å². The summed E-state index contributed by atoms with van der Waals surface area (Å²) in [5.74, 6) is 2.25. The van der Waals surface area contributed by atoms with Crippen LogP contribution in [-0.2, 0) is 6.42 Å². The highest BCUT2D eigenvalue weighted by Gasteiger charge is 2.06. The summed E-state index contributed by atoms with van der Waals surface area (Å²) in [5.41, 5.74) is 3.14. The molecule has 1 heterocycles. The second-order valence-corrected chi connectivity index (χ2v) is 6.03. The summed E-state index contributed by atoms with van der Waals surface area (Å²) in [6, 6.07) is 20.2. The van der Waals surface area contributed by atoms with Crippen LogP contribution in [-0.4, -0.2) is 30.2 Å². The van der Waals surface area contributed by atoms with Gasteiger partial charge in [-0.25, -0.2) is 4.98 Å². The van der Waals surface area contributed by atoms with Crippen LogP contribution < -0.4 is 15.4 Å². The largest absolute Gasteiger partial charge is 0.497 e. The fraction of sp³-hybridized carbons (Fsp3) is 0.182. The van der Waals surface area contributed by atoms with Gasteiger partial charge in [-0.15, -0.1) is 6.58 Å². The number of hydrogen-bond acceptors (Lipinski definition) is 5. The van der Waals surface area contributed by atoms with Crippen molar-refractivity contribution in [3.05, 3.63) is 78.9 Å². The third kappa shape index (κ3) is 5.31. The van der Waals surface area contributed by atoms with Crippen molar-refractivity contribution in [2.24, 2.45) is 0 Å². The minimum absolute atomic E-state index is 0.583. The first-order valence-electron chi connectivity index (χ1n) is 8.94. The van der Waals surface area contributed by atoms with E-state index in [4.69, 9.17) is 4.74 Å². The Balaban J connectivity index is 1.74. The molecular weight excluding hydrogens is 336 g/mol. The zero-order valence-corrected chi connectivity index (χ0v) is 15.5. The first-order chi connectivity index (χ1) is 13.3. The molecule has 0 fully saturated rings. The van der Waals surface area contributed by atoms with Gasteiger partial charge in [0.15, 0.2) is 0 Å². The van der Waals surface area contributed by atoms with Gasteiger partial charge in [0.05, 0.1) is 12.8 Å². The van der Waals surface area contributed by atoms with Crippen molar-refractivity contribution < 1.29 is 4.74 Å². The highest BCUT2D eigenvalue weighted by atomic mass is 16.5. The van der Waals surface area contributed by atoms with Crippen LogP contribution in [0.3, 0.4) is 0 Å². The molecule has 0 saturated carbocycles. The van der Waals surface area contributed by atoms with Gasteiger partial charge in [0.1, 0.15) is 11.6 Å². The minimum atomic E-state index is 0.583. The standard InChI is InChI=1S/C22H24N4O/c1-3-13-24-22-25-20(18-9-5-4-6-10-18)16-21(26-22)23-14-12-17-8-7-11-19(15-17)27-2/h3-11,15-16H,1,12-14H2,2H3,(H2,23,24,25,26). The molecule has 138 valence electrons. The van der Waals surface area contributed by atoms with Gasteiger partial charge in [0, 0.05) is 24.7 Å². The quantitative estimate of drug-likeness (QED) is 0.554. The van der Waals surface area contributed by atoms with Crippen molar-refractivity contribution >= 4 is 11.8 Å². The average Bonchev–Trinajstić information content (AvgIpc) is 2.73. The summed E-state index contributed by atoms with van der Waals surface area (Å²) in [6.45, 7) is 5.11. The van der Waals surface area contributed by atoms with Gasteiger partial charge in [0.2, 0.25) is 5.95 Å². The van der Waals surface area contributed by atoms with E-state index in [2.05, 4.69) is 33.2 Å². The van der Waals surface area contributed by atoms with Crippen LogP contribution in [0.15, 0.2) is 73.3 Å². The molecule has 0 saturated heterocycles. The zero-order valence-electron chi connectivity index (χ0n) is 15.5. The minimum Gasteiger partial charge on any atom is -0.497 e. The Hall–Kier alpha value is -3.34. The fourth-order valence-electron chi connectivity index (χ4n) is 2.70. The van der Waals surface area contributed by atoms with E-state index in [1.807, 2.05) is 54.6 Å². The SMILES string of the molecule is C=CCNc1nc(NCCc2cccc(OC)c2)cc(-c2ccccc2)n1. The van der Waals surface area contributed by atoms with Gasteiger partial charge < -0.3 is 15.4 Å². The maximum absolute atomic E-state index is 5.28. The smallest absolute Gasteiger partial charge is 0.225 e. The molecular formula is C22H24N4O. The van der Waals surface area contributed by atoms with Crippen molar-refractivity contribution in [3.63, 3.8) is 0 Å². The monoisotopic (exact) mass is 360 g/mol. The highest BCUT2D eigenvalue weighted by molar-refractivity contribution is 5.64. The van der Waals surface area contributed by atoms with E-state index >= 15 is 0 Å². The molecule has 0 atom stereocenters. The molecule has 0 spiro atoms. The number of ether oxygens (including phenoxy) is 1. The van der Waals surface area contributed by atoms with E-state index in [1.165, 1.54) is 5.56 Å². The Morgan fingerprint density at radius 1 is 1.00 bits per heavy atom. The molecule has 0 bridgehead atoms. The second kappa shape index (κ2) is 9.38. The number of nitrogens with one attached hydrogen (secondary N) is 2. The molecule has 3 rings (SSSR count). The lowest BCUT2D eigenvalue weighted by atomic mass is 10.1. The summed E-state index contributed by atoms with van der Waals surface area (Å²) in [4.78, 5) is 9.16. The maximum Gasteiger partial charge on any atom is 0.225 e. The molecule has 0 aliphatic heterocycles. The highest BCUT2D eigenvalue weighted by Crippen LogP contribution is 2.21. The van der Waals surface area contributed by atoms with Crippen LogP contribution in [0.5, 0.6) is 5.75 Å². The van der Waals surface area contributed by atoms with E-state index in [0.29, 0.717) is 12.5 Å². The molecule has 3 aromatic rings. The maximum atomic E-state index is 5.28. The molecule has 0 aliphatic rings. The van der Waals surface area contributed by atoms with Gasteiger partial charge in [-0.1, -0.05) is 48.5 Å². The number of anilines is 2. The molecule has 5 heteroatoms. The summed E-state index contributed by atoms with van der Waals surface area (Å²) in [6.07, 6.45) is 2.66. The molecule has 27 heavy (non-hydrogen) atoms. The summed E-state index contributed by atoms with van der Waals surface area (Å²) < 4.78 is 5.28. The molecule has 0 radical (unpaired) electrons. The molecule has 0 unspecified atom stereocenters. The van der Waals surface area contributed by atoms with Gasteiger partial charge in [-0.2, -0.15) is 4.98 Å². The Labute approximate surface area is 160 Å². The number of aromatic nitrogens is 2. The zero-order chi connectivity index (χ0) is 18.9. The first-order valence-corrected chi connectivity index (χ1v) is 8.94. The van der Waals surface area contributed by atoms with Crippen molar-refractivity contribution in [1.29, 1.82) is 0 Å². The Kier molecular flexibility index (Phi) is 6.41. The third-order valence-electron chi connectivity index (χ3n) is 4.05. The lowest BCUT2D eigenvalue weighted by Gasteiger charge is -2.11. The third-order valence-corrected chi connectivity index (χ3v) is 4.05. The second-order valence-electron chi connectivity index (χ2n) is 6.03. The number of nitrogens with zero attached hydrogens (tertiary/aromatic N) is 2. The number of hydrogen-bond donors (Lipinski definition) is 2. The van der Waals surface area contributed by atoms with Crippen molar-refractivity contribution in [2.45, 2.75) is 6.42 Å². The van der Waals surface area contributed by atoms with Crippen LogP contribution in [0.2, 0.25) is 0 Å². The normalized spacial score (nSPS) is 10.3. The van der Waals surface area contributed by atoms with Crippen LogP contribution in [0.25, 0.3) is 11.3 Å². The van der Waals surface area contributed by atoms with Crippen molar-refractivity contribution in [1.82, 2.24) is 9.97 Å². The Morgan fingerprint density at radius 2 is 1.85 bits per heavy atom. The number of benzene rings is 2. The van der Waals surface area contributed by atoms with Crippen LogP contribution >= 0.6 is 0 Å². The van der Waals surface area contributed by atoms with Gasteiger partial charge >= 0.3 is 0 Å². The number of methoxy groups -OCH3 is 1. The molecule has 2 N–H and O–H groups in total. The van der Waals surface area contributed by atoms with E-state index in [1.54, 1.807) is 13.2 Å². The van der Waals surface area contributed by atoms with Crippen LogP contribution in [0, 0.1) is 0 Å². The Morgan fingerprint density at radius 3 is 2.63 bits per heavy atom. The Bertz CT molecular complexity index is 880. The lowest BCUT2D eigenvalue weighted by Crippen LogP contribution is -2.10. The predicted octanol–water partition coefficient (Wildman–Crippen LogP) is 4.40. The summed E-state index contributed by atoms with van der Waals surface area (Å²) in [5, 5.41) is 6.57. The number of rotatable bonds is 9. The van der Waals surface area contributed by atoms with Crippen LogP contribution in [0.1, 0.15) is 5.56 Å². The molecule has 2 aromatic carbocycles. The summed E-state index contributed by atoms with van der Waals surface area (Å²) >= 11 is 0. The van der Waals surface area contributed by atoms with Crippen molar-refractivity contribution in [3.8, 4) is 17.0 Å². The van der Waals surface area contributed by atoms with E-state index < -0.39 is 0 Å². The van der Waals surface area contributed by atoms with Gasteiger partial charge in [-0.3, -0.25) is 0 Å². The van der Waals surface area contributed by atoms with E-state index in [9.17, 15) is 0 Å². The molecule has 1 aromatic heterocycles. The van der Waals surface area contributed by atoms with Gasteiger partial charge in [0.25, 0.3) is 0 Å². The molecule has 5 nitrogen and oxygen atoms in total. The van der Waals surface area contributed by atoms with E-state index in [0.717, 1.165) is 35.8 Å². The molecule has 0 amide bonds. The predicted molar refractivity (Wildman–Crippen MR) is 111 cm³/mol. The van der Waals surface area contributed by atoms with Gasteiger partial charge in [-0.05, 0) is 24.1 Å². The van der Waals surface area contributed by atoms with Crippen molar-refractivity contribution in [2.75, 3.05) is 30.8 Å². The molecule has 0 aliphatic carbocycles. The average molecular weight is 360 g/mol. The topological polar surface area (TPSA) is 59.1 Å².